The summed E-state index contributed by atoms with van der Waals surface area (Å²) >= 11 is 7.45. The predicted molar refractivity (Wildman–Crippen MR) is 128 cm³/mol. The maximum absolute atomic E-state index is 6.38. The largest absolute Gasteiger partial charge is 0.454 e. The molecule has 0 aliphatic rings. The highest BCUT2D eigenvalue weighted by Gasteiger charge is 2.21. The lowest BCUT2D eigenvalue weighted by Gasteiger charge is -2.14. The highest BCUT2D eigenvalue weighted by molar-refractivity contribution is 9.11. The van der Waals surface area contributed by atoms with Crippen LogP contribution in [-0.4, -0.2) is 4.57 Å². The van der Waals surface area contributed by atoms with Crippen LogP contribution >= 0.6 is 31.9 Å². The Morgan fingerprint density at radius 1 is 0.724 bits per heavy atom. The van der Waals surface area contributed by atoms with Gasteiger partial charge in [0.25, 0.3) is 0 Å². The Balaban J connectivity index is 1.93. The van der Waals surface area contributed by atoms with Crippen LogP contribution in [0.5, 0.6) is 0 Å². The van der Waals surface area contributed by atoms with Crippen LogP contribution in [0.1, 0.15) is 0 Å². The minimum Gasteiger partial charge on any atom is -0.454 e. The molecule has 6 rings (SSSR count). The quantitative estimate of drug-likeness (QED) is 0.232. The molecule has 0 saturated carbocycles. The Bertz CT molecular complexity index is 1590. The molecule has 5 heteroatoms. The molecule has 6 aromatic rings. The van der Waals surface area contributed by atoms with Crippen molar-refractivity contribution < 1.29 is 4.42 Å². The molecule has 0 bridgehead atoms. The van der Waals surface area contributed by atoms with E-state index in [0.29, 0.717) is 5.69 Å². The van der Waals surface area contributed by atoms with Crippen LogP contribution in [0.15, 0.2) is 86.2 Å². The fraction of sp³-hybridized carbons (Fsp3) is 0. The van der Waals surface area contributed by atoms with Crippen LogP contribution in [0.3, 0.4) is 0 Å². The molecular formula is C24H14Br2N2O. The second kappa shape index (κ2) is 6.12. The van der Waals surface area contributed by atoms with Crippen molar-refractivity contribution in [1.82, 2.24) is 4.57 Å². The molecule has 140 valence electrons. The molecule has 0 radical (unpaired) electrons. The molecule has 4 aromatic carbocycles. The van der Waals surface area contributed by atoms with Gasteiger partial charge in [-0.15, -0.1) is 0 Å². The van der Waals surface area contributed by atoms with Crippen molar-refractivity contribution in [2.24, 2.45) is 0 Å². The van der Waals surface area contributed by atoms with Crippen molar-refractivity contribution in [2.45, 2.75) is 0 Å². The minimum atomic E-state index is 0.686. The van der Waals surface area contributed by atoms with Crippen LogP contribution in [0.25, 0.3) is 49.4 Å². The van der Waals surface area contributed by atoms with Gasteiger partial charge in [-0.3, -0.25) is 0 Å². The summed E-state index contributed by atoms with van der Waals surface area (Å²) < 4.78 is 10.4. The number of rotatable bonds is 1. The second-order valence-electron chi connectivity index (χ2n) is 7.09. The van der Waals surface area contributed by atoms with Crippen LogP contribution < -0.4 is 5.73 Å². The van der Waals surface area contributed by atoms with E-state index < -0.39 is 0 Å². The van der Waals surface area contributed by atoms with Crippen LogP contribution in [-0.2, 0) is 0 Å². The van der Waals surface area contributed by atoms with Crippen LogP contribution in [0, 0.1) is 0 Å². The lowest BCUT2D eigenvalue weighted by atomic mass is 10.1. The SMILES string of the molecule is Nc1ccc(Br)c(-n2c3ccccc3c3ccc4c5ccccc5oc4c32)c1Br. The summed E-state index contributed by atoms with van der Waals surface area (Å²) in [4.78, 5) is 0. The molecule has 2 N–H and O–H groups in total. The van der Waals surface area contributed by atoms with E-state index in [1.807, 2.05) is 30.3 Å². The Morgan fingerprint density at radius 3 is 2.31 bits per heavy atom. The van der Waals surface area contributed by atoms with Crippen molar-refractivity contribution in [3.8, 4) is 5.69 Å². The maximum Gasteiger partial charge on any atom is 0.160 e. The maximum atomic E-state index is 6.38. The summed E-state index contributed by atoms with van der Waals surface area (Å²) in [6.45, 7) is 0. The molecule has 0 aliphatic heterocycles. The van der Waals surface area contributed by atoms with Crippen molar-refractivity contribution >= 4 is 81.3 Å². The zero-order chi connectivity index (χ0) is 19.7. The molecule has 2 heterocycles. The molecule has 0 unspecified atom stereocenters. The number of fused-ring (bicyclic) bond motifs is 7. The lowest BCUT2D eigenvalue weighted by molar-refractivity contribution is 0.671. The van der Waals surface area contributed by atoms with E-state index in [4.69, 9.17) is 10.2 Å². The third-order valence-electron chi connectivity index (χ3n) is 5.50. The average molecular weight is 506 g/mol. The summed E-state index contributed by atoms with van der Waals surface area (Å²) in [6, 6.07) is 24.8. The van der Waals surface area contributed by atoms with Gasteiger partial charge in [0.15, 0.2) is 5.58 Å². The number of nitrogens with zero attached hydrogens (tertiary/aromatic N) is 1. The van der Waals surface area contributed by atoms with E-state index in [1.54, 1.807) is 0 Å². The molecule has 3 nitrogen and oxygen atoms in total. The molecule has 0 amide bonds. The number of aromatic nitrogens is 1. The van der Waals surface area contributed by atoms with Gasteiger partial charge in [-0.25, -0.2) is 0 Å². The topological polar surface area (TPSA) is 44.1 Å². The fourth-order valence-electron chi connectivity index (χ4n) is 4.22. The van der Waals surface area contributed by atoms with Gasteiger partial charge in [0.05, 0.1) is 21.2 Å². The van der Waals surface area contributed by atoms with Gasteiger partial charge in [-0.2, -0.15) is 0 Å². The van der Waals surface area contributed by atoms with Gasteiger partial charge in [0, 0.05) is 31.7 Å². The first kappa shape index (κ1) is 17.1. The standard InChI is InChI=1S/C24H14Br2N2O/c25-17-11-12-18(27)21(26)23(17)28-19-7-3-1-5-13(19)15-9-10-16-14-6-2-4-8-20(14)29-24(16)22(15)28/h1-12H,27H2. The highest BCUT2D eigenvalue weighted by atomic mass is 79.9. The van der Waals surface area contributed by atoms with E-state index in [9.17, 15) is 0 Å². The van der Waals surface area contributed by atoms with Gasteiger partial charge in [-0.05, 0) is 62.2 Å². The molecule has 0 aliphatic carbocycles. The Kier molecular flexibility index (Phi) is 3.61. The summed E-state index contributed by atoms with van der Waals surface area (Å²) in [7, 11) is 0. The van der Waals surface area contributed by atoms with Gasteiger partial charge in [0.2, 0.25) is 0 Å². The van der Waals surface area contributed by atoms with E-state index in [2.05, 4.69) is 78.9 Å². The lowest BCUT2D eigenvalue weighted by Crippen LogP contribution is -1.99. The summed E-state index contributed by atoms with van der Waals surface area (Å²) in [5.41, 5.74) is 11.8. The monoisotopic (exact) mass is 504 g/mol. The normalized spacial score (nSPS) is 11.9. The smallest absolute Gasteiger partial charge is 0.160 e. The predicted octanol–water partition coefficient (Wildman–Crippen LogP) is 7.79. The first-order chi connectivity index (χ1) is 14.1. The fourth-order valence-corrected chi connectivity index (χ4v) is 5.52. The molecular weight excluding hydrogens is 492 g/mol. The van der Waals surface area contributed by atoms with Crippen LogP contribution in [0.4, 0.5) is 5.69 Å². The van der Waals surface area contributed by atoms with Crippen molar-refractivity contribution in [2.75, 3.05) is 5.73 Å². The number of nitrogens with two attached hydrogens (primary N) is 1. The summed E-state index contributed by atoms with van der Waals surface area (Å²) in [5, 5.41) is 4.54. The first-order valence-electron chi connectivity index (χ1n) is 9.22. The number of hydrogen-bond donors (Lipinski definition) is 1. The van der Waals surface area contributed by atoms with E-state index >= 15 is 0 Å². The van der Waals surface area contributed by atoms with Crippen molar-refractivity contribution in [1.29, 1.82) is 0 Å². The Hall–Kier alpha value is -2.76. The number of benzene rings is 4. The van der Waals surface area contributed by atoms with Crippen molar-refractivity contribution in [3.63, 3.8) is 0 Å². The number of furan rings is 1. The number of hydrogen-bond acceptors (Lipinski definition) is 2. The Morgan fingerprint density at radius 2 is 1.45 bits per heavy atom. The number of nitrogen functional groups attached to an aromatic ring is 1. The first-order valence-corrected chi connectivity index (χ1v) is 10.8. The van der Waals surface area contributed by atoms with E-state index in [1.165, 1.54) is 5.39 Å². The van der Waals surface area contributed by atoms with Gasteiger partial charge >= 0.3 is 0 Å². The highest BCUT2D eigenvalue weighted by Crippen LogP contribution is 2.43. The van der Waals surface area contributed by atoms with Gasteiger partial charge < -0.3 is 14.7 Å². The molecule has 2 aromatic heterocycles. The van der Waals surface area contributed by atoms with Crippen LogP contribution in [0.2, 0.25) is 0 Å². The number of anilines is 1. The zero-order valence-electron chi connectivity index (χ0n) is 15.1. The molecule has 0 atom stereocenters. The zero-order valence-corrected chi connectivity index (χ0v) is 18.3. The minimum absolute atomic E-state index is 0.686. The average Bonchev–Trinajstić information content (AvgIpc) is 3.27. The third kappa shape index (κ3) is 2.28. The van der Waals surface area contributed by atoms with Gasteiger partial charge in [0.1, 0.15) is 5.58 Å². The molecule has 0 spiro atoms. The number of halogens is 2. The molecule has 0 fully saturated rings. The Labute approximate surface area is 183 Å². The second-order valence-corrected chi connectivity index (χ2v) is 8.74. The van der Waals surface area contributed by atoms with Gasteiger partial charge in [-0.1, -0.05) is 42.5 Å². The van der Waals surface area contributed by atoms with E-state index in [-0.39, 0.29) is 0 Å². The third-order valence-corrected chi connectivity index (χ3v) is 6.97. The van der Waals surface area contributed by atoms with Crippen molar-refractivity contribution in [3.05, 3.63) is 81.7 Å². The molecule has 0 saturated heterocycles. The summed E-state index contributed by atoms with van der Waals surface area (Å²) in [6.07, 6.45) is 0. The molecule has 29 heavy (non-hydrogen) atoms. The number of para-hydroxylation sites is 2. The summed E-state index contributed by atoms with van der Waals surface area (Å²) in [5.74, 6) is 0. The van der Waals surface area contributed by atoms with E-state index in [0.717, 1.165) is 53.0 Å².